The summed E-state index contributed by atoms with van der Waals surface area (Å²) in [7, 11) is 6.26. The van der Waals surface area contributed by atoms with Crippen molar-refractivity contribution in [3.8, 4) is 46.7 Å². The van der Waals surface area contributed by atoms with Gasteiger partial charge in [-0.25, -0.2) is 0 Å². The predicted octanol–water partition coefficient (Wildman–Crippen LogP) is 8.40. The molecule has 4 fully saturated rings. The average Bonchev–Trinajstić information content (AvgIpc) is 3.91. The van der Waals surface area contributed by atoms with Crippen LogP contribution in [0.5, 0.6) is 23.0 Å². The van der Waals surface area contributed by atoms with Gasteiger partial charge in [-0.3, -0.25) is 9.59 Å². The fourth-order valence-corrected chi connectivity index (χ4v) is 8.85. The molecule has 0 saturated heterocycles. The molecule has 52 heavy (non-hydrogen) atoms. The van der Waals surface area contributed by atoms with Gasteiger partial charge in [0, 0.05) is 11.8 Å². The third kappa shape index (κ3) is 9.00. The Balaban J connectivity index is 1.25. The van der Waals surface area contributed by atoms with Gasteiger partial charge in [0.25, 0.3) is 0 Å². The van der Waals surface area contributed by atoms with Gasteiger partial charge >= 0.3 is 11.9 Å². The van der Waals surface area contributed by atoms with E-state index in [1.54, 1.807) is 14.2 Å². The zero-order chi connectivity index (χ0) is 36.5. The first-order valence-electron chi connectivity index (χ1n) is 19.3. The summed E-state index contributed by atoms with van der Waals surface area (Å²) in [6.45, 7) is 0. The van der Waals surface area contributed by atoms with Crippen LogP contribution in [0.25, 0.3) is 0 Å². The lowest BCUT2D eigenvalue weighted by Crippen LogP contribution is -2.28. The maximum atomic E-state index is 12.7. The van der Waals surface area contributed by atoms with Gasteiger partial charge in [0.1, 0.15) is 0 Å². The van der Waals surface area contributed by atoms with Gasteiger partial charge in [-0.1, -0.05) is 24.0 Å². The second kappa shape index (κ2) is 18.0. The molecule has 0 spiro atoms. The highest BCUT2D eigenvalue weighted by atomic mass is 16.5. The van der Waals surface area contributed by atoms with Crippen molar-refractivity contribution in [2.75, 3.05) is 28.4 Å². The van der Waals surface area contributed by atoms with Crippen LogP contribution >= 0.6 is 0 Å². The van der Waals surface area contributed by atoms with Crippen LogP contribution in [0.1, 0.15) is 113 Å². The Labute approximate surface area is 309 Å². The van der Waals surface area contributed by atoms with Crippen LogP contribution < -0.4 is 18.9 Å². The lowest BCUT2D eigenvalue weighted by atomic mass is 9.71. The number of methoxy groups -OCH3 is 4. The number of carbonyl (C=O) groups is 2. The molecule has 6 rings (SSSR count). The maximum absolute atomic E-state index is 12.7. The summed E-state index contributed by atoms with van der Waals surface area (Å²) in [6.07, 6.45) is 13.6. The van der Waals surface area contributed by atoms with Gasteiger partial charge in [-0.2, -0.15) is 0 Å². The van der Waals surface area contributed by atoms with Crippen molar-refractivity contribution >= 4 is 11.9 Å². The third-order valence-corrected chi connectivity index (χ3v) is 11.8. The Hall–Kier alpha value is -4.30. The molecule has 4 saturated carbocycles. The van der Waals surface area contributed by atoms with E-state index in [0.29, 0.717) is 12.8 Å². The number of hydrogen-bond acceptors (Lipinski definition) is 8. The molecule has 8 heteroatoms. The zero-order valence-electron chi connectivity index (χ0n) is 31.2. The molecule has 0 radical (unpaired) electrons. The number of carbonyl (C=O) groups excluding carboxylic acids is 2. The van der Waals surface area contributed by atoms with Gasteiger partial charge in [-0.15, -0.1) is 0 Å². The molecule has 8 nitrogen and oxygen atoms in total. The molecule has 2 aromatic carbocycles. The fraction of sp³-hybridized carbons (Fsp3) is 0.591. The van der Waals surface area contributed by atoms with E-state index >= 15 is 0 Å². The van der Waals surface area contributed by atoms with Crippen LogP contribution in [0.3, 0.4) is 0 Å². The SMILES string of the molecule is COC(=O)C1CCC(C#CC#CC2CCC(C(=O)OC)CC2c2ccc(OC)c(OC3CCCC3)c2)C(c2ccc(OC)c(OC3CCCC3)c2)C1. The Morgan fingerprint density at radius 1 is 0.538 bits per heavy atom. The van der Waals surface area contributed by atoms with Gasteiger partial charge in [0.2, 0.25) is 0 Å². The summed E-state index contributed by atoms with van der Waals surface area (Å²) >= 11 is 0. The highest BCUT2D eigenvalue weighted by Crippen LogP contribution is 2.45. The molecule has 6 atom stereocenters. The predicted molar refractivity (Wildman–Crippen MR) is 198 cm³/mol. The molecule has 0 bridgehead atoms. The van der Waals surface area contributed by atoms with E-state index in [9.17, 15) is 9.59 Å². The van der Waals surface area contributed by atoms with Gasteiger partial charge in [0.15, 0.2) is 23.0 Å². The van der Waals surface area contributed by atoms with E-state index in [2.05, 4.69) is 47.9 Å². The van der Waals surface area contributed by atoms with Gasteiger partial charge in [0.05, 0.1) is 52.5 Å². The molecule has 278 valence electrons. The molecule has 4 aliphatic rings. The molecule has 4 aliphatic carbocycles. The summed E-state index contributed by atoms with van der Waals surface area (Å²) in [6, 6.07) is 12.3. The van der Waals surface area contributed by atoms with E-state index in [4.69, 9.17) is 28.4 Å². The van der Waals surface area contributed by atoms with Crippen molar-refractivity contribution in [1.82, 2.24) is 0 Å². The van der Waals surface area contributed by atoms with Crippen molar-refractivity contribution in [3.05, 3.63) is 47.5 Å². The number of esters is 2. The molecular formula is C44H54O8. The molecule has 0 aliphatic heterocycles. The molecule has 0 N–H and O–H groups in total. The summed E-state index contributed by atoms with van der Waals surface area (Å²) < 4.78 is 34.5. The minimum Gasteiger partial charge on any atom is -0.493 e. The minimum atomic E-state index is -0.182. The smallest absolute Gasteiger partial charge is 0.308 e. The van der Waals surface area contributed by atoms with Crippen LogP contribution in [0, 0.1) is 47.4 Å². The van der Waals surface area contributed by atoms with Crippen LogP contribution in [-0.2, 0) is 19.1 Å². The number of rotatable bonds is 10. The monoisotopic (exact) mass is 710 g/mol. The molecule has 0 heterocycles. The van der Waals surface area contributed by atoms with Crippen molar-refractivity contribution in [2.24, 2.45) is 23.7 Å². The van der Waals surface area contributed by atoms with Gasteiger partial charge < -0.3 is 28.4 Å². The van der Waals surface area contributed by atoms with E-state index in [1.165, 1.54) is 39.9 Å². The standard InChI is InChI=1S/C44H54O8/c1-47-39-23-21-31(27-41(39)51-35-13-7-8-14-35)37-25-33(43(45)49-3)19-17-29(37)11-5-6-12-30-18-20-34(44(46)50-4)26-38(30)32-22-24-40(48-2)42(28-32)52-36-15-9-10-16-36/h21-24,27-30,33-38H,7-10,13-20,25-26H2,1-4H3. The zero-order valence-corrected chi connectivity index (χ0v) is 31.2. The van der Waals surface area contributed by atoms with Crippen molar-refractivity contribution in [3.63, 3.8) is 0 Å². The Morgan fingerprint density at radius 2 is 0.942 bits per heavy atom. The van der Waals surface area contributed by atoms with Crippen LogP contribution in [-0.4, -0.2) is 52.6 Å². The molecular weight excluding hydrogens is 656 g/mol. The van der Waals surface area contributed by atoms with Crippen LogP contribution in [0.4, 0.5) is 0 Å². The Morgan fingerprint density at radius 3 is 1.31 bits per heavy atom. The van der Waals surface area contributed by atoms with E-state index < -0.39 is 0 Å². The number of ether oxygens (including phenoxy) is 6. The highest BCUT2D eigenvalue weighted by molar-refractivity contribution is 5.73. The summed E-state index contributed by atoms with van der Waals surface area (Å²) in [5.74, 6) is 15.8. The first-order chi connectivity index (χ1) is 25.4. The third-order valence-electron chi connectivity index (χ3n) is 11.8. The minimum absolute atomic E-state index is 0.0183. The summed E-state index contributed by atoms with van der Waals surface area (Å²) in [4.78, 5) is 25.4. The molecule has 2 aromatic rings. The average molecular weight is 711 g/mol. The number of hydrogen-bond donors (Lipinski definition) is 0. The van der Waals surface area contributed by atoms with Crippen LogP contribution in [0.2, 0.25) is 0 Å². The Kier molecular flexibility index (Phi) is 12.9. The first-order valence-corrected chi connectivity index (χ1v) is 19.3. The topological polar surface area (TPSA) is 89.5 Å². The van der Waals surface area contributed by atoms with Crippen LogP contribution in [0.15, 0.2) is 36.4 Å². The van der Waals surface area contributed by atoms with Crippen molar-refractivity contribution < 1.29 is 38.0 Å². The number of benzene rings is 2. The second-order valence-electron chi connectivity index (χ2n) is 14.9. The highest BCUT2D eigenvalue weighted by Gasteiger charge is 2.37. The lowest BCUT2D eigenvalue weighted by molar-refractivity contribution is -0.147. The van der Waals surface area contributed by atoms with Gasteiger partial charge in [-0.05, 0) is 149 Å². The van der Waals surface area contributed by atoms with Crippen molar-refractivity contribution in [2.45, 2.75) is 114 Å². The molecule has 6 unspecified atom stereocenters. The lowest BCUT2D eigenvalue weighted by Gasteiger charge is -2.33. The quantitative estimate of drug-likeness (QED) is 0.180. The normalized spacial score (nSPS) is 26.2. The maximum Gasteiger partial charge on any atom is 0.308 e. The van der Waals surface area contributed by atoms with E-state index in [0.717, 1.165) is 85.5 Å². The fourth-order valence-electron chi connectivity index (χ4n) is 8.85. The Bertz CT molecular complexity index is 1540. The summed E-state index contributed by atoms with van der Waals surface area (Å²) in [5, 5.41) is 0. The molecule has 0 amide bonds. The summed E-state index contributed by atoms with van der Waals surface area (Å²) in [5.41, 5.74) is 2.18. The first kappa shape index (κ1) is 37.5. The molecule has 0 aromatic heterocycles. The second-order valence-corrected chi connectivity index (χ2v) is 14.9. The van der Waals surface area contributed by atoms with E-state index in [1.807, 2.05) is 12.1 Å². The van der Waals surface area contributed by atoms with E-state index in [-0.39, 0.29) is 59.7 Å². The largest absolute Gasteiger partial charge is 0.493 e. The van der Waals surface area contributed by atoms with Crippen molar-refractivity contribution in [1.29, 1.82) is 0 Å².